The smallest absolute Gasteiger partial charge is 0.330 e. The van der Waals surface area contributed by atoms with Crippen LogP contribution in [0.2, 0.25) is 0 Å². The summed E-state index contributed by atoms with van der Waals surface area (Å²) < 4.78 is 69.7. The van der Waals surface area contributed by atoms with E-state index in [1.54, 1.807) is 12.3 Å². The van der Waals surface area contributed by atoms with E-state index in [2.05, 4.69) is 58.9 Å². The van der Waals surface area contributed by atoms with Crippen molar-refractivity contribution in [1.82, 2.24) is 19.5 Å². The van der Waals surface area contributed by atoms with Gasteiger partial charge in [0, 0.05) is 42.3 Å². The maximum Gasteiger partial charge on any atom is 0.419 e. The summed E-state index contributed by atoms with van der Waals surface area (Å²) in [4.78, 5) is 11.6. The molecule has 0 radical (unpaired) electrons. The van der Waals surface area contributed by atoms with E-state index in [4.69, 9.17) is 0 Å². The highest BCUT2D eigenvalue weighted by atomic mass is 32.2. The monoisotopic (exact) mass is 571 g/mol. The van der Waals surface area contributed by atoms with Gasteiger partial charge >= 0.3 is 6.18 Å². The highest BCUT2D eigenvalue weighted by Gasteiger charge is 2.31. The van der Waals surface area contributed by atoms with Crippen LogP contribution >= 0.6 is 0 Å². The maximum absolute atomic E-state index is 13.4. The van der Waals surface area contributed by atoms with Crippen molar-refractivity contribution in [2.45, 2.75) is 64.1 Å². The number of anilines is 1. The van der Waals surface area contributed by atoms with Gasteiger partial charge in [-0.1, -0.05) is 65.0 Å². The van der Waals surface area contributed by atoms with Gasteiger partial charge in [-0.3, -0.25) is 0 Å². The molecule has 0 amide bonds. The minimum Gasteiger partial charge on any atom is -0.330 e. The predicted molar refractivity (Wildman–Crippen MR) is 148 cm³/mol. The van der Waals surface area contributed by atoms with E-state index >= 15 is 0 Å². The number of benzene rings is 2. The number of nitrogens with one attached hydrogen (secondary N) is 1. The van der Waals surface area contributed by atoms with Crippen molar-refractivity contribution in [2.75, 3.05) is 4.72 Å². The molecule has 0 saturated heterocycles. The summed E-state index contributed by atoms with van der Waals surface area (Å²) in [5.41, 5.74) is 1.96. The van der Waals surface area contributed by atoms with Crippen LogP contribution in [0.15, 0.2) is 72.1 Å². The van der Waals surface area contributed by atoms with Gasteiger partial charge in [-0.25, -0.2) is 28.1 Å². The number of imidazole rings is 1. The second-order valence-electron chi connectivity index (χ2n) is 11.2. The summed E-state index contributed by atoms with van der Waals surface area (Å²) >= 11 is 0. The van der Waals surface area contributed by atoms with Crippen LogP contribution in [0.1, 0.15) is 57.1 Å². The summed E-state index contributed by atoms with van der Waals surface area (Å²) in [6, 6.07) is 12.7. The summed E-state index contributed by atoms with van der Waals surface area (Å²) in [6.45, 7) is 11.1. The van der Waals surface area contributed by atoms with Gasteiger partial charge in [0.05, 0.1) is 10.5 Å². The molecule has 0 aliphatic rings. The van der Waals surface area contributed by atoms with E-state index < -0.39 is 27.7 Å². The van der Waals surface area contributed by atoms with E-state index in [0.717, 1.165) is 23.4 Å². The van der Waals surface area contributed by atoms with Gasteiger partial charge in [0.1, 0.15) is 5.82 Å². The number of hydrogen-bond donors (Lipinski definition) is 1. The van der Waals surface area contributed by atoms with E-state index in [9.17, 15) is 21.6 Å². The van der Waals surface area contributed by atoms with Crippen molar-refractivity contribution in [3.05, 3.63) is 89.8 Å². The molecule has 4 rings (SSSR count). The van der Waals surface area contributed by atoms with Crippen LogP contribution in [0.5, 0.6) is 0 Å². The van der Waals surface area contributed by atoms with Crippen LogP contribution in [-0.4, -0.2) is 27.9 Å². The predicted octanol–water partition coefficient (Wildman–Crippen LogP) is 6.70. The van der Waals surface area contributed by atoms with Crippen LogP contribution in [0, 0.1) is 5.92 Å². The van der Waals surface area contributed by atoms with Gasteiger partial charge in [-0.15, -0.1) is 0 Å². The Labute approximate surface area is 232 Å². The van der Waals surface area contributed by atoms with Crippen molar-refractivity contribution in [3.8, 4) is 11.1 Å². The Morgan fingerprint density at radius 1 is 0.925 bits per heavy atom. The fraction of sp³-hybridized carbons (Fsp3) is 0.345. The zero-order chi connectivity index (χ0) is 29.3. The van der Waals surface area contributed by atoms with Crippen molar-refractivity contribution < 1.29 is 21.6 Å². The average Bonchev–Trinajstić information content (AvgIpc) is 3.32. The minimum absolute atomic E-state index is 0.0270. The van der Waals surface area contributed by atoms with Gasteiger partial charge in [0.25, 0.3) is 10.0 Å². The lowest BCUT2D eigenvalue weighted by Crippen LogP contribution is -2.19. The first-order valence-corrected chi connectivity index (χ1v) is 14.3. The molecule has 0 unspecified atom stereocenters. The third-order valence-electron chi connectivity index (χ3n) is 6.19. The van der Waals surface area contributed by atoms with E-state index in [1.165, 1.54) is 6.07 Å². The number of halogens is 3. The molecule has 0 aliphatic carbocycles. The molecule has 7 nitrogen and oxygen atoms in total. The van der Waals surface area contributed by atoms with Crippen LogP contribution < -0.4 is 4.72 Å². The van der Waals surface area contributed by atoms with E-state index in [0.29, 0.717) is 36.0 Å². The molecule has 0 saturated carbocycles. The molecule has 0 fully saturated rings. The molecule has 4 aromatic rings. The molecule has 11 heteroatoms. The van der Waals surface area contributed by atoms with E-state index in [-0.39, 0.29) is 10.3 Å². The van der Waals surface area contributed by atoms with Crippen LogP contribution in [0.25, 0.3) is 11.1 Å². The number of alkyl halides is 3. The third kappa shape index (κ3) is 6.88. The van der Waals surface area contributed by atoms with Crippen molar-refractivity contribution in [1.29, 1.82) is 0 Å². The normalized spacial score (nSPS) is 12.6. The largest absolute Gasteiger partial charge is 0.419 e. The fourth-order valence-corrected chi connectivity index (χ4v) is 5.57. The molecule has 40 heavy (non-hydrogen) atoms. The lowest BCUT2D eigenvalue weighted by molar-refractivity contribution is -0.138. The zero-order valence-corrected chi connectivity index (χ0v) is 23.8. The van der Waals surface area contributed by atoms with Crippen LogP contribution in [0.4, 0.5) is 19.1 Å². The zero-order valence-electron chi connectivity index (χ0n) is 23.0. The fourth-order valence-electron chi connectivity index (χ4n) is 4.41. The standard InChI is InChI=1S/C29H32F3N5O2S/c1-19(2)14-21-8-11-25(40(38,39)36-27-34-16-23(17-35-27)29(30,31)32)24(15-21)22-9-6-20(7-10-22)18-37-13-12-33-26(37)28(3,4)5/h6-13,15-17,19H,14,18H2,1-5H3,(H,34,35,36). The molecule has 2 aromatic carbocycles. The van der Waals surface area contributed by atoms with Gasteiger partial charge in [-0.05, 0) is 41.2 Å². The minimum atomic E-state index is -4.63. The van der Waals surface area contributed by atoms with Crippen molar-refractivity contribution in [3.63, 3.8) is 0 Å². The lowest BCUT2D eigenvalue weighted by atomic mass is 9.95. The molecular weight excluding hydrogens is 539 g/mol. The summed E-state index contributed by atoms with van der Waals surface area (Å²) in [7, 11) is -4.23. The Hall–Kier alpha value is -3.73. The Balaban J connectivity index is 1.67. The number of nitrogens with zero attached hydrogens (tertiary/aromatic N) is 4. The molecule has 1 N–H and O–H groups in total. The number of hydrogen-bond acceptors (Lipinski definition) is 5. The SMILES string of the molecule is CC(C)Cc1ccc(S(=O)(=O)Nc2ncc(C(F)(F)F)cn2)c(-c2ccc(Cn3ccnc3C(C)(C)C)cc2)c1. The molecule has 212 valence electrons. The highest BCUT2D eigenvalue weighted by Crippen LogP contribution is 2.32. The summed E-state index contributed by atoms with van der Waals surface area (Å²) in [5.74, 6) is 0.863. The van der Waals surface area contributed by atoms with Crippen molar-refractivity contribution >= 4 is 16.0 Å². The van der Waals surface area contributed by atoms with E-state index in [1.807, 2.05) is 36.5 Å². The molecule has 2 heterocycles. The molecule has 0 aliphatic heterocycles. The van der Waals surface area contributed by atoms with Crippen LogP contribution in [-0.2, 0) is 34.6 Å². The van der Waals surface area contributed by atoms with Gasteiger partial charge in [0.15, 0.2) is 0 Å². The summed E-state index contributed by atoms with van der Waals surface area (Å²) in [6.07, 6.45) is 0.915. The second-order valence-corrected chi connectivity index (χ2v) is 12.8. The number of sulfonamides is 1. The van der Waals surface area contributed by atoms with Crippen molar-refractivity contribution in [2.24, 2.45) is 5.92 Å². The lowest BCUT2D eigenvalue weighted by Gasteiger charge is -2.20. The van der Waals surface area contributed by atoms with Gasteiger partial charge in [0.2, 0.25) is 5.95 Å². The topological polar surface area (TPSA) is 89.8 Å². The molecule has 0 spiro atoms. The average molecular weight is 572 g/mol. The maximum atomic E-state index is 13.4. The molecule has 0 atom stereocenters. The first kappa shape index (κ1) is 29.3. The summed E-state index contributed by atoms with van der Waals surface area (Å²) in [5, 5.41) is 0. The Bertz CT molecular complexity index is 1570. The second kappa shape index (κ2) is 11.0. The first-order valence-electron chi connectivity index (χ1n) is 12.8. The molecule has 0 bridgehead atoms. The first-order chi connectivity index (χ1) is 18.6. The quantitative estimate of drug-likeness (QED) is 0.254. The third-order valence-corrected chi connectivity index (χ3v) is 7.57. The van der Waals surface area contributed by atoms with Gasteiger partial charge < -0.3 is 4.57 Å². The van der Waals surface area contributed by atoms with Gasteiger partial charge in [-0.2, -0.15) is 13.2 Å². The van der Waals surface area contributed by atoms with Crippen LogP contribution in [0.3, 0.4) is 0 Å². The molecular formula is C29H32F3N5O2S. The Kier molecular flexibility index (Phi) is 8.07. The number of aromatic nitrogens is 4. The highest BCUT2D eigenvalue weighted by molar-refractivity contribution is 7.92. The Morgan fingerprint density at radius 2 is 1.55 bits per heavy atom. The molecule has 2 aromatic heterocycles. The number of rotatable bonds is 8. The Morgan fingerprint density at radius 3 is 2.12 bits per heavy atom.